The Kier molecular flexibility index (Phi) is 14.7. The second-order valence-corrected chi connectivity index (χ2v) is 8.13. The Morgan fingerprint density at radius 3 is 1.58 bits per heavy atom. The zero-order chi connectivity index (χ0) is 23.7. The highest BCUT2D eigenvalue weighted by atomic mass is 16.6. The summed E-state index contributed by atoms with van der Waals surface area (Å²) in [6, 6.07) is 7.13. The molecule has 9 heteroatoms. The van der Waals surface area contributed by atoms with Crippen LogP contribution in [0.3, 0.4) is 0 Å². The molecule has 190 valence electrons. The summed E-state index contributed by atoms with van der Waals surface area (Å²) in [4.78, 5) is 2.08. The van der Waals surface area contributed by atoms with Gasteiger partial charge in [-0.1, -0.05) is 31.2 Å². The van der Waals surface area contributed by atoms with Crippen molar-refractivity contribution in [3.63, 3.8) is 0 Å². The lowest BCUT2D eigenvalue weighted by molar-refractivity contribution is -0.0286. The van der Waals surface area contributed by atoms with E-state index in [1.54, 1.807) is 24.3 Å². The summed E-state index contributed by atoms with van der Waals surface area (Å²) in [5.41, 5.74) is 1.50. The monoisotopic (exact) mass is 471 g/mol. The maximum Gasteiger partial charge on any atom is 0.0840 e. The molecule has 3 N–H and O–H groups in total. The zero-order valence-corrected chi connectivity index (χ0v) is 19.8. The van der Waals surface area contributed by atoms with Crippen molar-refractivity contribution < 1.29 is 39.0 Å². The van der Waals surface area contributed by atoms with Crippen molar-refractivity contribution in [1.29, 1.82) is 0 Å². The quantitative estimate of drug-likeness (QED) is 0.550. The molecule has 1 saturated heterocycles. The van der Waals surface area contributed by atoms with Gasteiger partial charge < -0.3 is 39.0 Å². The van der Waals surface area contributed by atoms with E-state index in [9.17, 15) is 15.3 Å². The Bertz CT molecular complexity index is 585. The van der Waals surface area contributed by atoms with Crippen LogP contribution in [0.15, 0.2) is 24.3 Å². The highest BCUT2D eigenvalue weighted by molar-refractivity contribution is 5.24. The molecule has 1 fully saturated rings. The number of hydrogen-bond donors (Lipinski definition) is 3. The first-order valence-electron chi connectivity index (χ1n) is 11.8. The van der Waals surface area contributed by atoms with Crippen molar-refractivity contribution in [2.24, 2.45) is 5.92 Å². The predicted octanol–water partition coefficient (Wildman–Crippen LogP) is 0.608. The molecule has 1 aromatic rings. The normalized spacial score (nSPS) is 22.1. The van der Waals surface area contributed by atoms with E-state index >= 15 is 0 Å². The Labute approximate surface area is 197 Å². The van der Waals surface area contributed by atoms with Gasteiger partial charge in [0.1, 0.15) is 0 Å². The predicted molar refractivity (Wildman–Crippen MR) is 123 cm³/mol. The molecule has 1 aromatic carbocycles. The van der Waals surface area contributed by atoms with Crippen molar-refractivity contribution in [2.75, 3.05) is 85.7 Å². The summed E-state index contributed by atoms with van der Waals surface area (Å²) >= 11 is 0. The van der Waals surface area contributed by atoms with E-state index in [-0.39, 0.29) is 12.5 Å². The third-order valence-electron chi connectivity index (χ3n) is 5.65. The van der Waals surface area contributed by atoms with Crippen LogP contribution in [0.4, 0.5) is 0 Å². The SMILES string of the molecule is C[C@@H]([C@H](O)CN1CCOCCOCCOCCOCCOCC1)[C@@H](O)c1ccc(CO)cc1. The Morgan fingerprint density at radius 1 is 0.727 bits per heavy atom. The molecular weight excluding hydrogens is 430 g/mol. The largest absolute Gasteiger partial charge is 0.392 e. The van der Waals surface area contributed by atoms with Crippen LogP contribution in [-0.2, 0) is 30.3 Å². The molecule has 0 aromatic heterocycles. The summed E-state index contributed by atoms with van der Waals surface area (Å²) in [6.07, 6.45) is -1.54. The molecule has 0 spiro atoms. The summed E-state index contributed by atoms with van der Waals surface area (Å²) in [6.45, 7) is 8.57. The summed E-state index contributed by atoms with van der Waals surface area (Å²) in [5.74, 6) is -0.371. The minimum atomic E-state index is -0.807. The fourth-order valence-corrected chi connectivity index (χ4v) is 3.43. The van der Waals surface area contributed by atoms with Crippen LogP contribution in [0.2, 0.25) is 0 Å². The number of hydrogen-bond acceptors (Lipinski definition) is 9. The molecule has 1 aliphatic heterocycles. The summed E-state index contributed by atoms with van der Waals surface area (Å²) in [7, 11) is 0. The van der Waals surface area contributed by atoms with E-state index in [0.717, 1.165) is 11.1 Å². The van der Waals surface area contributed by atoms with Gasteiger partial charge in [-0.3, -0.25) is 4.90 Å². The van der Waals surface area contributed by atoms with Gasteiger partial charge in [0.2, 0.25) is 0 Å². The van der Waals surface area contributed by atoms with E-state index in [1.165, 1.54) is 0 Å². The molecule has 1 heterocycles. The first-order chi connectivity index (χ1) is 16.1. The van der Waals surface area contributed by atoms with Gasteiger partial charge in [-0.05, 0) is 11.1 Å². The van der Waals surface area contributed by atoms with Crippen LogP contribution in [-0.4, -0.2) is 112 Å². The average molecular weight is 472 g/mol. The smallest absolute Gasteiger partial charge is 0.0840 e. The maximum absolute atomic E-state index is 10.8. The van der Waals surface area contributed by atoms with Gasteiger partial charge in [-0.25, -0.2) is 0 Å². The fraction of sp³-hybridized carbons (Fsp3) is 0.750. The molecule has 0 bridgehead atoms. The van der Waals surface area contributed by atoms with Crippen molar-refractivity contribution in [2.45, 2.75) is 25.7 Å². The zero-order valence-electron chi connectivity index (χ0n) is 19.8. The van der Waals surface area contributed by atoms with Gasteiger partial charge in [0.25, 0.3) is 0 Å². The molecule has 0 radical (unpaired) electrons. The molecule has 0 aliphatic carbocycles. The van der Waals surface area contributed by atoms with Gasteiger partial charge in [0, 0.05) is 25.6 Å². The van der Waals surface area contributed by atoms with Crippen molar-refractivity contribution >= 4 is 0 Å². The number of benzene rings is 1. The molecule has 0 amide bonds. The minimum Gasteiger partial charge on any atom is -0.392 e. The number of aliphatic hydroxyl groups is 3. The average Bonchev–Trinajstić information content (AvgIpc) is 2.84. The van der Waals surface area contributed by atoms with Crippen LogP contribution >= 0.6 is 0 Å². The van der Waals surface area contributed by atoms with E-state index < -0.39 is 12.2 Å². The van der Waals surface area contributed by atoms with E-state index in [4.69, 9.17) is 23.7 Å². The Balaban J connectivity index is 1.84. The second-order valence-electron chi connectivity index (χ2n) is 8.13. The third kappa shape index (κ3) is 11.7. The van der Waals surface area contributed by atoms with E-state index in [0.29, 0.717) is 85.7 Å². The van der Waals surface area contributed by atoms with Crippen LogP contribution < -0.4 is 0 Å². The first kappa shape index (κ1) is 28.1. The lowest BCUT2D eigenvalue weighted by Gasteiger charge is -2.30. The van der Waals surface area contributed by atoms with Gasteiger partial charge in [-0.2, -0.15) is 0 Å². The number of rotatable bonds is 6. The Hall–Kier alpha value is -1.14. The molecule has 3 atom stereocenters. The molecule has 33 heavy (non-hydrogen) atoms. The number of nitrogens with zero attached hydrogens (tertiary/aromatic N) is 1. The lowest BCUT2D eigenvalue weighted by atomic mass is 9.91. The van der Waals surface area contributed by atoms with Crippen molar-refractivity contribution in [3.8, 4) is 0 Å². The summed E-state index contributed by atoms with van der Waals surface area (Å²) in [5, 5.41) is 30.7. The molecule has 2 rings (SSSR count). The van der Waals surface area contributed by atoms with Crippen LogP contribution in [0, 0.1) is 5.92 Å². The second kappa shape index (κ2) is 17.3. The van der Waals surface area contributed by atoms with Gasteiger partial charge in [-0.15, -0.1) is 0 Å². The van der Waals surface area contributed by atoms with Crippen molar-refractivity contribution in [1.82, 2.24) is 4.90 Å². The lowest BCUT2D eigenvalue weighted by Crippen LogP contribution is -2.41. The topological polar surface area (TPSA) is 110 Å². The molecular formula is C24H41NO8. The standard InChI is InChI=1S/C24H41NO8/c1-20(24(28)22-4-2-21(19-26)3-5-22)23(27)18-25-6-8-29-10-12-31-14-16-33-17-15-32-13-11-30-9-7-25/h2-5,20,23-24,26-28H,6-19H2,1H3/t20-,23+,24+/m0/s1. The number of β-amino-alcohol motifs (C(OH)–C–C–N with tert-alkyl or cyclic N) is 1. The van der Waals surface area contributed by atoms with Crippen LogP contribution in [0.5, 0.6) is 0 Å². The highest BCUT2D eigenvalue weighted by Crippen LogP contribution is 2.25. The van der Waals surface area contributed by atoms with Crippen LogP contribution in [0.1, 0.15) is 24.2 Å². The summed E-state index contributed by atoms with van der Waals surface area (Å²) < 4.78 is 27.7. The highest BCUT2D eigenvalue weighted by Gasteiger charge is 2.25. The van der Waals surface area contributed by atoms with E-state index in [1.807, 2.05) is 6.92 Å². The minimum absolute atomic E-state index is 0.0413. The van der Waals surface area contributed by atoms with Gasteiger partial charge in [0.15, 0.2) is 0 Å². The third-order valence-corrected chi connectivity index (χ3v) is 5.65. The Morgan fingerprint density at radius 2 is 1.15 bits per heavy atom. The molecule has 0 saturated carbocycles. The maximum atomic E-state index is 10.8. The number of ether oxygens (including phenoxy) is 5. The molecule has 0 unspecified atom stereocenters. The molecule has 1 aliphatic rings. The first-order valence-corrected chi connectivity index (χ1v) is 11.8. The van der Waals surface area contributed by atoms with Crippen molar-refractivity contribution in [3.05, 3.63) is 35.4 Å². The van der Waals surface area contributed by atoms with Gasteiger partial charge >= 0.3 is 0 Å². The van der Waals surface area contributed by atoms with Gasteiger partial charge in [0.05, 0.1) is 84.9 Å². The molecule has 9 nitrogen and oxygen atoms in total. The van der Waals surface area contributed by atoms with E-state index in [2.05, 4.69) is 4.90 Å². The number of aliphatic hydroxyl groups excluding tert-OH is 3. The van der Waals surface area contributed by atoms with Crippen LogP contribution in [0.25, 0.3) is 0 Å². The fourth-order valence-electron chi connectivity index (χ4n) is 3.43.